The van der Waals surface area contributed by atoms with Gasteiger partial charge in [-0.1, -0.05) is 6.07 Å². The van der Waals surface area contributed by atoms with E-state index < -0.39 is 0 Å². The van der Waals surface area contributed by atoms with E-state index >= 15 is 0 Å². The Kier molecular flexibility index (Phi) is 4.49. The first-order chi connectivity index (χ1) is 11.3. The van der Waals surface area contributed by atoms with E-state index in [4.69, 9.17) is 0 Å². The van der Waals surface area contributed by atoms with Gasteiger partial charge in [0, 0.05) is 43.1 Å². The van der Waals surface area contributed by atoms with Gasteiger partial charge in [0.1, 0.15) is 11.6 Å². The molecule has 114 valence electrons. The number of rotatable bonds is 5. The maximum absolute atomic E-state index is 12.2. The molecular weight excluding hydrogens is 292 g/mol. The van der Waals surface area contributed by atoms with Crippen LogP contribution >= 0.6 is 0 Å². The van der Waals surface area contributed by atoms with Crippen molar-refractivity contribution in [2.45, 2.75) is 6.54 Å². The van der Waals surface area contributed by atoms with Gasteiger partial charge in [-0.15, -0.1) is 0 Å². The van der Waals surface area contributed by atoms with Crippen molar-refractivity contribution in [3.63, 3.8) is 0 Å². The van der Waals surface area contributed by atoms with Crippen LogP contribution in [0.5, 0.6) is 0 Å². The SMILES string of the molecule is O=C(NCc1cccnc1)c1ccnc(Nc2cnccn2)c1. The number of anilines is 2. The van der Waals surface area contributed by atoms with Crippen molar-refractivity contribution in [2.75, 3.05) is 5.32 Å². The van der Waals surface area contributed by atoms with Gasteiger partial charge in [0.25, 0.3) is 5.91 Å². The van der Waals surface area contributed by atoms with Crippen molar-refractivity contribution in [2.24, 2.45) is 0 Å². The highest BCUT2D eigenvalue weighted by Gasteiger charge is 2.07. The van der Waals surface area contributed by atoms with E-state index in [0.717, 1.165) is 5.56 Å². The average Bonchev–Trinajstić information content (AvgIpc) is 2.62. The minimum atomic E-state index is -0.182. The highest BCUT2D eigenvalue weighted by molar-refractivity contribution is 5.94. The fraction of sp³-hybridized carbons (Fsp3) is 0.0625. The molecule has 0 aliphatic heterocycles. The number of nitrogens with zero attached hydrogens (tertiary/aromatic N) is 4. The zero-order valence-electron chi connectivity index (χ0n) is 12.2. The Morgan fingerprint density at radius 3 is 2.61 bits per heavy atom. The summed E-state index contributed by atoms with van der Waals surface area (Å²) < 4.78 is 0. The Labute approximate surface area is 132 Å². The first kappa shape index (κ1) is 14.6. The Morgan fingerprint density at radius 2 is 1.83 bits per heavy atom. The fourth-order valence-electron chi connectivity index (χ4n) is 1.92. The van der Waals surface area contributed by atoms with Gasteiger partial charge in [-0.25, -0.2) is 9.97 Å². The van der Waals surface area contributed by atoms with Crippen LogP contribution in [-0.4, -0.2) is 25.8 Å². The van der Waals surface area contributed by atoms with E-state index in [1.165, 1.54) is 0 Å². The standard InChI is InChI=1S/C16H14N6O/c23-16(21-10-12-2-1-4-17-9-12)13-3-5-19-14(8-13)22-15-11-18-6-7-20-15/h1-9,11H,10H2,(H,21,23)(H,19,20,22). The van der Waals surface area contributed by atoms with Gasteiger partial charge in [0.2, 0.25) is 0 Å². The molecule has 0 spiro atoms. The lowest BCUT2D eigenvalue weighted by Gasteiger charge is -2.07. The molecule has 3 heterocycles. The lowest BCUT2D eigenvalue weighted by atomic mass is 10.2. The van der Waals surface area contributed by atoms with Gasteiger partial charge in [-0.3, -0.25) is 14.8 Å². The monoisotopic (exact) mass is 306 g/mol. The Bertz CT molecular complexity index is 779. The molecule has 0 aliphatic carbocycles. The van der Waals surface area contributed by atoms with E-state index in [1.807, 2.05) is 12.1 Å². The van der Waals surface area contributed by atoms with E-state index in [2.05, 4.69) is 30.6 Å². The molecular formula is C16H14N6O. The van der Waals surface area contributed by atoms with Crippen LogP contribution in [0.4, 0.5) is 11.6 Å². The zero-order chi connectivity index (χ0) is 15.9. The predicted octanol–water partition coefficient (Wildman–Crippen LogP) is 1.94. The number of nitrogens with one attached hydrogen (secondary N) is 2. The summed E-state index contributed by atoms with van der Waals surface area (Å²) in [7, 11) is 0. The summed E-state index contributed by atoms with van der Waals surface area (Å²) in [6, 6.07) is 7.05. The molecule has 0 fully saturated rings. The minimum absolute atomic E-state index is 0.182. The van der Waals surface area contributed by atoms with Crippen LogP contribution in [-0.2, 0) is 6.54 Å². The molecule has 0 saturated carbocycles. The maximum atomic E-state index is 12.2. The quantitative estimate of drug-likeness (QED) is 0.748. The molecule has 0 saturated heterocycles. The lowest BCUT2D eigenvalue weighted by Crippen LogP contribution is -2.23. The summed E-state index contributed by atoms with van der Waals surface area (Å²) in [4.78, 5) is 28.5. The molecule has 0 bridgehead atoms. The first-order valence-electron chi connectivity index (χ1n) is 6.97. The molecule has 0 aromatic carbocycles. The van der Waals surface area contributed by atoms with Gasteiger partial charge in [0.05, 0.1) is 6.20 Å². The lowest BCUT2D eigenvalue weighted by molar-refractivity contribution is 0.0951. The largest absolute Gasteiger partial charge is 0.348 e. The third-order valence-corrected chi connectivity index (χ3v) is 3.02. The molecule has 0 aliphatic rings. The molecule has 2 N–H and O–H groups in total. The zero-order valence-corrected chi connectivity index (χ0v) is 12.2. The second-order valence-electron chi connectivity index (χ2n) is 4.69. The number of aromatic nitrogens is 4. The molecule has 0 radical (unpaired) electrons. The van der Waals surface area contributed by atoms with Crippen molar-refractivity contribution >= 4 is 17.5 Å². The molecule has 23 heavy (non-hydrogen) atoms. The maximum Gasteiger partial charge on any atom is 0.251 e. The van der Waals surface area contributed by atoms with Crippen LogP contribution < -0.4 is 10.6 Å². The second-order valence-corrected chi connectivity index (χ2v) is 4.69. The third kappa shape index (κ3) is 4.07. The third-order valence-electron chi connectivity index (χ3n) is 3.02. The summed E-state index contributed by atoms with van der Waals surface area (Å²) in [5.74, 6) is 0.908. The Morgan fingerprint density at radius 1 is 0.957 bits per heavy atom. The summed E-state index contributed by atoms with van der Waals surface area (Å²) in [6.45, 7) is 0.419. The van der Waals surface area contributed by atoms with Gasteiger partial charge < -0.3 is 10.6 Å². The Balaban J connectivity index is 1.65. The molecule has 1 amide bonds. The van der Waals surface area contributed by atoms with Crippen LogP contribution in [0.25, 0.3) is 0 Å². The van der Waals surface area contributed by atoms with E-state index in [-0.39, 0.29) is 5.91 Å². The van der Waals surface area contributed by atoms with Crippen molar-refractivity contribution in [3.05, 3.63) is 72.6 Å². The van der Waals surface area contributed by atoms with Crippen molar-refractivity contribution < 1.29 is 4.79 Å². The summed E-state index contributed by atoms with van der Waals surface area (Å²) in [5.41, 5.74) is 1.45. The predicted molar refractivity (Wildman–Crippen MR) is 85.0 cm³/mol. The van der Waals surface area contributed by atoms with Crippen LogP contribution in [0.1, 0.15) is 15.9 Å². The fourth-order valence-corrected chi connectivity index (χ4v) is 1.92. The second kappa shape index (κ2) is 7.08. The molecule has 7 heteroatoms. The van der Waals surface area contributed by atoms with Crippen LogP contribution in [0.2, 0.25) is 0 Å². The van der Waals surface area contributed by atoms with E-state index in [0.29, 0.717) is 23.7 Å². The van der Waals surface area contributed by atoms with Gasteiger partial charge in [0.15, 0.2) is 0 Å². The normalized spacial score (nSPS) is 10.1. The Hall–Kier alpha value is -3.35. The van der Waals surface area contributed by atoms with Crippen LogP contribution in [0.15, 0.2) is 61.4 Å². The topological polar surface area (TPSA) is 92.7 Å². The van der Waals surface area contributed by atoms with Crippen molar-refractivity contribution in [1.82, 2.24) is 25.3 Å². The van der Waals surface area contributed by atoms with Crippen LogP contribution in [0, 0.1) is 0 Å². The molecule has 3 rings (SSSR count). The summed E-state index contributed by atoms with van der Waals surface area (Å²) in [6.07, 6.45) is 9.72. The molecule has 3 aromatic heterocycles. The van der Waals surface area contributed by atoms with Gasteiger partial charge >= 0.3 is 0 Å². The molecule has 7 nitrogen and oxygen atoms in total. The minimum Gasteiger partial charge on any atom is -0.348 e. The molecule has 3 aromatic rings. The highest BCUT2D eigenvalue weighted by atomic mass is 16.1. The summed E-state index contributed by atoms with van der Waals surface area (Å²) >= 11 is 0. The number of carbonyl (C=O) groups is 1. The average molecular weight is 306 g/mol. The summed E-state index contributed by atoms with van der Waals surface area (Å²) in [5, 5.41) is 5.84. The van der Waals surface area contributed by atoms with Gasteiger partial charge in [-0.2, -0.15) is 0 Å². The van der Waals surface area contributed by atoms with Crippen LogP contribution in [0.3, 0.4) is 0 Å². The number of carbonyl (C=O) groups excluding carboxylic acids is 1. The highest BCUT2D eigenvalue weighted by Crippen LogP contribution is 2.12. The number of hydrogen-bond acceptors (Lipinski definition) is 6. The van der Waals surface area contributed by atoms with Gasteiger partial charge in [-0.05, 0) is 23.8 Å². The number of pyridine rings is 2. The smallest absolute Gasteiger partial charge is 0.251 e. The molecule has 0 unspecified atom stereocenters. The van der Waals surface area contributed by atoms with E-state index in [9.17, 15) is 4.79 Å². The molecule has 0 atom stereocenters. The van der Waals surface area contributed by atoms with Crippen molar-refractivity contribution in [3.8, 4) is 0 Å². The first-order valence-corrected chi connectivity index (χ1v) is 6.97. The van der Waals surface area contributed by atoms with E-state index in [1.54, 1.807) is 49.3 Å². The van der Waals surface area contributed by atoms with Crippen molar-refractivity contribution in [1.29, 1.82) is 0 Å². The number of amides is 1. The number of hydrogen-bond donors (Lipinski definition) is 2.